The van der Waals surface area contributed by atoms with Crippen LogP contribution in [0.2, 0.25) is 0 Å². The highest BCUT2D eigenvalue weighted by molar-refractivity contribution is 5.85. The number of carbonyl (C=O) groups excluding carboxylic acids is 1. The first-order valence-corrected chi connectivity index (χ1v) is 3.55. The molecule has 4 nitrogen and oxygen atoms in total. The third-order valence-corrected chi connectivity index (χ3v) is 1.60. The van der Waals surface area contributed by atoms with Crippen molar-refractivity contribution >= 4 is 24.4 Å². The highest BCUT2D eigenvalue weighted by atomic mass is 35.5. The van der Waals surface area contributed by atoms with Gasteiger partial charge in [-0.1, -0.05) is 0 Å². The molecule has 5 heteroatoms. The zero-order valence-electron chi connectivity index (χ0n) is 7.48. The van der Waals surface area contributed by atoms with E-state index in [1.54, 1.807) is 0 Å². The molecule has 0 aromatic heterocycles. The zero-order valence-corrected chi connectivity index (χ0v) is 8.30. The number of rotatable bonds is 2. The summed E-state index contributed by atoms with van der Waals surface area (Å²) >= 11 is 0. The number of ether oxygens (including phenoxy) is 1. The number of benzene rings is 1. The summed E-state index contributed by atoms with van der Waals surface area (Å²) < 4.78 is 4.90. The lowest BCUT2D eigenvalue weighted by molar-refractivity contribution is 0.112. The molecule has 0 spiro atoms. The molecule has 0 saturated carbocycles. The van der Waals surface area contributed by atoms with Crippen molar-refractivity contribution in [3.63, 3.8) is 0 Å². The molecule has 2 N–H and O–H groups in total. The summed E-state index contributed by atoms with van der Waals surface area (Å²) in [7, 11) is 1.42. The van der Waals surface area contributed by atoms with Gasteiger partial charge in [-0.25, -0.2) is 0 Å². The monoisotopic (exact) mass is 212 g/mol. The SMILES string of the molecule is COc1c(N)cc(C=O)cc1C#N.Cl. The Morgan fingerprint density at radius 1 is 1.57 bits per heavy atom. The Bertz CT molecular complexity index is 385. The number of carbonyl (C=O) groups is 1. The molecular weight excluding hydrogens is 204 g/mol. The average Bonchev–Trinajstić information content (AvgIpc) is 2.16. The molecule has 0 saturated heterocycles. The molecule has 0 atom stereocenters. The summed E-state index contributed by atoms with van der Waals surface area (Å²) in [5, 5.41) is 8.69. The minimum absolute atomic E-state index is 0. The van der Waals surface area contributed by atoms with Gasteiger partial charge in [-0.2, -0.15) is 5.26 Å². The molecule has 1 aromatic rings. The molecule has 1 rings (SSSR count). The Balaban J connectivity index is 0.00000169. The number of hydrogen-bond acceptors (Lipinski definition) is 4. The van der Waals surface area contributed by atoms with Crippen molar-refractivity contribution in [1.82, 2.24) is 0 Å². The minimum atomic E-state index is 0. The van der Waals surface area contributed by atoms with Crippen LogP contribution in [0.3, 0.4) is 0 Å². The molecule has 0 fully saturated rings. The van der Waals surface area contributed by atoms with E-state index in [1.807, 2.05) is 6.07 Å². The molecule has 0 aliphatic rings. The van der Waals surface area contributed by atoms with Gasteiger partial charge in [-0.15, -0.1) is 12.4 Å². The molecule has 1 aromatic carbocycles. The van der Waals surface area contributed by atoms with Crippen molar-refractivity contribution in [1.29, 1.82) is 5.26 Å². The second kappa shape index (κ2) is 5.10. The predicted octanol–water partition coefficient (Wildman–Crippen LogP) is 1.38. The van der Waals surface area contributed by atoms with E-state index in [-0.39, 0.29) is 18.0 Å². The number of halogens is 1. The summed E-state index contributed by atoms with van der Waals surface area (Å²) in [6.45, 7) is 0. The van der Waals surface area contributed by atoms with E-state index in [9.17, 15) is 4.79 Å². The van der Waals surface area contributed by atoms with Crippen molar-refractivity contribution in [3.8, 4) is 11.8 Å². The summed E-state index contributed by atoms with van der Waals surface area (Å²) in [5.41, 5.74) is 6.48. The van der Waals surface area contributed by atoms with E-state index in [2.05, 4.69) is 0 Å². The Hall–Kier alpha value is -1.73. The van der Waals surface area contributed by atoms with E-state index in [0.717, 1.165) is 0 Å². The Morgan fingerprint density at radius 3 is 2.64 bits per heavy atom. The van der Waals surface area contributed by atoms with Crippen molar-refractivity contribution in [2.75, 3.05) is 12.8 Å². The van der Waals surface area contributed by atoms with Crippen LogP contribution in [0.5, 0.6) is 5.75 Å². The maximum atomic E-state index is 10.4. The first-order valence-electron chi connectivity index (χ1n) is 3.55. The van der Waals surface area contributed by atoms with E-state index in [1.165, 1.54) is 19.2 Å². The van der Waals surface area contributed by atoms with Crippen LogP contribution < -0.4 is 10.5 Å². The van der Waals surface area contributed by atoms with Gasteiger partial charge >= 0.3 is 0 Å². The number of nitrogen functional groups attached to an aromatic ring is 1. The fourth-order valence-corrected chi connectivity index (χ4v) is 1.05. The van der Waals surface area contributed by atoms with Crippen molar-refractivity contribution in [2.24, 2.45) is 0 Å². The topological polar surface area (TPSA) is 76.1 Å². The molecule has 0 radical (unpaired) electrons. The van der Waals surface area contributed by atoms with Gasteiger partial charge in [0.25, 0.3) is 0 Å². The van der Waals surface area contributed by atoms with Crippen LogP contribution in [0.1, 0.15) is 15.9 Å². The van der Waals surface area contributed by atoms with Crippen LogP contribution in [0.15, 0.2) is 12.1 Å². The number of nitrogens with zero attached hydrogens (tertiary/aromatic N) is 1. The normalized spacial score (nSPS) is 8.29. The molecule has 0 unspecified atom stereocenters. The van der Waals surface area contributed by atoms with Crippen LogP contribution in [0, 0.1) is 11.3 Å². The van der Waals surface area contributed by atoms with Gasteiger partial charge in [0.1, 0.15) is 12.4 Å². The Kier molecular flexibility index (Phi) is 4.47. The van der Waals surface area contributed by atoms with Crippen LogP contribution in [0.4, 0.5) is 5.69 Å². The number of hydrogen-bond donors (Lipinski definition) is 1. The van der Waals surface area contributed by atoms with E-state index >= 15 is 0 Å². The third kappa shape index (κ3) is 2.15. The largest absolute Gasteiger partial charge is 0.493 e. The Labute approximate surface area is 87.7 Å². The number of methoxy groups -OCH3 is 1. The quantitative estimate of drug-likeness (QED) is 0.594. The van der Waals surface area contributed by atoms with Gasteiger partial charge < -0.3 is 10.5 Å². The van der Waals surface area contributed by atoms with E-state index in [4.69, 9.17) is 15.7 Å². The van der Waals surface area contributed by atoms with Crippen molar-refractivity contribution < 1.29 is 9.53 Å². The smallest absolute Gasteiger partial charge is 0.159 e. The predicted molar refractivity (Wildman–Crippen MR) is 54.8 cm³/mol. The van der Waals surface area contributed by atoms with Gasteiger partial charge in [-0.3, -0.25) is 4.79 Å². The van der Waals surface area contributed by atoms with Crippen molar-refractivity contribution in [2.45, 2.75) is 0 Å². The molecule has 0 bridgehead atoms. The van der Waals surface area contributed by atoms with Gasteiger partial charge in [0.15, 0.2) is 5.75 Å². The number of nitrogens with two attached hydrogens (primary N) is 1. The molecule has 74 valence electrons. The molecule has 0 amide bonds. The summed E-state index contributed by atoms with van der Waals surface area (Å²) in [6.07, 6.45) is 0.636. The molecule has 0 aliphatic heterocycles. The first-order chi connectivity index (χ1) is 6.22. The Morgan fingerprint density at radius 2 is 2.21 bits per heavy atom. The van der Waals surface area contributed by atoms with Crippen LogP contribution >= 0.6 is 12.4 Å². The van der Waals surface area contributed by atoms with Crippen LogP contribution in [-0.2, 0) is 0 Å². The second-order valence-electron chi connectivity index (χ2n) is 2.42. The van der Waals surface area contributed by atoms with E-state index < -0.39 is 0 Å². The van der Waals surface area contributed by atoms with Crippen LogP contribution in [0.25, 0.3) is 0 Å². The highest BCUT2D eigenvalue weighted by Gasteiger charge is 2.08. The molecular formula is C9H9ClN2O2. The van der Waals surface area contributed by atoms with Crippen molar-refractivity contribution in [3.05, 3.63) is 23.3 Å². The van der Waals surface area contributed by atoms with Gasteiger partial charge in [0, 0.05) is 5.56 Å². The minimum Gasteiger partial charge on any atom is -0.493 e. The number of nitriles is 1. The number of anilines is 1. The fourth-order valence-electron chi connectivity index (χ4n) is 1.05. The molecule has 0 heterocycles. The zero-order chi connectivity index (χ0) is 9.84. The van der Waals surface area contributed by atoms with Gasteiger partial charge in [0.05, 0.1) is 18.4 Å². The fraction of sp³-hybridized carbons (Fsp3) is 0.111. The lowest BCUT2D eigenvalue weighted by Gasteiger charge is -2.06. The maximum Gasteiger partial charge on any atom is 0.159 e. The average molecular weight is 213 g/mol. The first kappa shape index (κ1) is 12.3. The standard InChI is InChI=1S/C9H8N2O2.ClH/c1-13-9-7(4-10)2-6(5-12)3-8(9)11;/h2-3,5H,11H2,1H3;1H. The van der Waals surface area contributed by atoms with E-state index in [0.29, 0.717) is 23.3 Å². The summed E-state index contributed by atoms with van der Waals surface area (Å²) in [6, 6.07) is 4.80. The van der Waals surface area contributed by atoms with Gasteiger partial charge in [-0.05, 0) is 12.1 Å². The molecule has 14 heavy (non-hydrogen) atoms. The lowest BCUT2D eigenvalue weighted by atomic mass is 10.1. The third-order valence-electron chi connectivity index (χ3n) is 1.60. The second-order valence-corrected chi connectivity index (χ2v) is 2.42. The van der Waals surface area contributed by atoms with Gasteiger partial charge in [0.2, 0.25) is 0 Å². The highest BCUT2D eigenvalue weighted by Crippen LogP contribution is 2.26. The molecule has 0 aliphatic carbocycles. The maximum absolute atomic E-state index is 10.4. The summed E-state index contributed by atoms with van der Waals surface area (Å²) in [5.74, 6) is 0.313. The van der Waals surface area contributed by atoms with Crippen LogP contribution in [-0.4, -0.2) is 13.4 Å². The lowest BCUT2D eigenvalue weighted by Crippen LogP contribution is -1.97. The summed E-state index contributed by atoms with van der Waals surface area (Å²) in [4.78, 5) is 10.4. The number of aldehydes is 1.